The minimum atomic E-state index is -0.972. The van der Waals surface area contributed by atoms with Crippen LogP contribution in [0.1, 0.15) is 23.1 Å². The number of aliphatic carboxylic acids is 1. The quantitative estimate of drug-likeness (QED) is 0.676. The average Bonchev–Trinajstić information content (AvgIpc) is 2.94. The molecule has 3 aromatic carbocycles. The molecular formula is C22H14F2O2. The molecule has 0 amide bonds. The molecule has 0 fully saturated rings. The van der Waals surface area contributed by atoms with Crippen LogP contribution >= 0.6 is 0 Å². The predicted octanol–water partition coefficient (Wildman–Crippen LogP) is 5.53. The van der Waals surface area contributed by atoms with Crippen LogP contribution in [0.15, 0.2) is 60.7 Å². The third kappa shape index (κ3) is 2.80. The molecule has 26 heavy (non-hydrogen) atoms. The van der Waals surface area contributed by atoms with Gasteiger partial charge in [0.05, 0.1) is 6.42 Å². The van der Waals surface area contributed by atoms with Crippen LogP contribution in [-0.2, 0) is 4.79 Å². The Balaban J connectivity index is 1.90. The normalized spacial score (nSPS) is 14.5. The summed E-state index contributed by atoms with van der Waals surface area (Å²) in [5, 5.41) is 10.4. The average molecular weight is 348 g/mol. The molecule has 0 aliphatic heterocycles. The van der Waals surface area contributed by atoms with Crippen molar-refractivity contribution in [3.8, 4) is 0 Å². The zero-order chi connectivity index (χ0) is 18.3. The second kappa shape index (κ2) is 6.23. The van der Waals surface area contributed by atoms with E-state index in [9.17, 15) is 13.6 Å². The summed E-state index contributed by atoms with van der Waals surface area (Å²) in [6, 6.07) is 14.6. The van der Waals surface area contributed by atoms with Crippen LogP contribution in [0.2, 0.25) is 0 Å². The van der Waals surface area contributed by atoms with E-state index >= 15 is 0 Å². The van der Waals surface area contributed by atoms with Crippen molar-refractivity contribution >= 4 is 34.0 Å². The highest BCUT2D eigenvalue weighted by atomic mass is 19.1. The Morgan fingerprint density at radius 1 is 0.962 bits per heavy atom. The van der Waals surface area contributed by atoms with Crippen molar-refractivity contribution in [2.75, 3.05) is 0 Å². The Kier molecular flexibility index (Phi) is 3.88. The molecule has 1 N–H and O–H groups in total. The Bertz CT molecular complexity index is 1110. The van der Waals surface area contributed by atoms with Crippen LogP contribution in [-0.4, -0.2) is 11.1 Å². The van der Waals surface area contributed by atoms with Gasteiger partial charge in [-0.3, -0.25) is 4.79 Å². The maximum atomic E-state index is 14.0. The number of carboxylic acid groups (broad SMARTS) is 1. The lowest BCUT2D eigenvalue weighted by atomic mass is 9.99. The first-order chi connectivity index (χ1) is 12.5. The van der Waals surface area contributed by atoms with Gasteiger partial charge in [0.2, 0.25) is 0 Å². The molecule has 0 heterocycles. The fourth-order valence-electron chi connectivity index (χ4n) is 3.38. The van der Waals surface area contributed by atoms with Gasteiger partial charge in [0.25, 0.3) is 0 Å². The Hall–Kier alpha value is -3.27. The molecule has 0 aromatic heterocycles. The van der Waals surface area contributed by atoms with Crippen LogP contribution in [0.25, 0.3) is 28.0 Å². The summed E-state index contributed by atoms with van der Waals surface area (Å²) >= 11 is 0. The number of carbonyl (C=O) groups is 1. The Morgan fingerprint density at radius 2 is 1.73 bits per heavy atom. The minimum absolute atomic E-state index is 0.183. The molecule has 3 aromatic rings. The van der Waals surface area contributed by atoms with Gasteiger partial charge in [0.15, 0.2) is 0 Å². The molecule has 0 saturated heterocycles. The van der Waals surface area contributed by atoms with E-state index in [0.717, 1.165) is 22.1 Å². The van der Waals surface area contributed by atoms with Gasteiger partial charge in [-0.25, -0.2) is 8.78 Å². The van der Waals surface area contributed by atoms with Crippen molar-refractivity contribution in [3.63, 3.8) is 0 Å². The second-order valence-corrected chi connectivity index (χ2v) is 6.21. The van der Waals surface area contributed by atoms with Crippen molar-refractivity contribution in [2.24, 2.45) is 0 Å². The van der Waals surface area contributed by atoms with Crippen LogP contribution in [0, 0.1) is 11.6 Å². The SMILES string of the molecule is O=C(O)CC1=C/C(=C\c2ccc(F)c3ccccc23)c2ccc(F)cc21. The highest BCUT2D eigenvalue weighted by Gasteiger charge is 2.21. The maximum Gasteiger partial charge on any atom is 0.307 e. The van der Waals surface area contributed by atoms with E-state index < -0.39 is 11.8 Å². The number of allylic oxidation sites excluding steroid dienone is 2. The number of carboxylic acids is 1. The van der Waals surface area contributed by atoms with Crippen LogP contribution in [0.5, 0.6) is 0 Å². The second-order valence-electron chi connectivity index (χ2n) is 6.21. The monoisotopic (exact) mass is 348 g/mol. The topological polar surface area (TPSA) is 37.3 Å². The van der Waals surface area contributed by atoms with Gasteiger partial charge in [-0.05, 0) is 63.6 Å². The van der Waals surface area contributed by atoms with Crippen molar-refractivity contribution in [3.05, 3.63) is 89.0 Å². The van der Waals surface area contributed by atoms with Gasteiger partial charge in [-0.2, -0.15) is 0 Å². The summed E-state index contributed by atoms with van der Waals surface area (Å²) in [5.74, 6) is -1.67. The summed E-state index contributed by atoms with van der Waals surface area (Å²) in [6.45, 7) is 0. The number of hydrogen-bond acceptors (Lipinski definition) is 1. The van der Waals surface area contributed by atoms with E-state index in [0.29, 0.717) is 16.5 Å². The standard InChI is InChI=1S/C22H14F2O2/c23-16-6-7-18-14(10-15(11-22(25)26)20(18)12-16)9-13-5-8-21(24)19-4-2-1-3-17(13)19/h1-10,12H,11H2,(H,25,26)/b14-9+. The first-order valence-electron chi connectivity index (χ1n) is 8.14. The number of halogens is 2. The molecule has 0 radical (unpaired) electrons. The maximum absolute atomic E-state index is 14.0. The molecule has 0 atom stereocenters. The Labute approximate surface area is 148 Å². The lowest BCUT2D eigenvalue weighted by Crippen LogP contribution is -1.96. The fourth-order valence-corrected chi connectivity index (χ4v) is 3.38. The largest absolute Gasteiger partial charge is 0.481 e. The van der Waals surface area contributed by atoms with E-state index in [1.54, 1.807) is 30.3 Å². The van der Waals surface area contributed by atoms with Crippen LogP contribution < -0.4 is 0 Å². The zero-order valence-electron chi connectivity index (χ0n) is 13.7. The van der Waals surface area contributed by atoms with Gasteiger partial charge in [-0.1, -0.05) is 36.4 Å². The molecule has 1 aliphatic carbocycles. The van der Waals surface area contributed by atoms with Crippen molar-refractivity contribution in [1.29, 1.82) is 0 Å². The molecule has 4 rings (SSSR count). The number of hydrogen-bond donors (Lipinski definition) is 1. The number of fused-ring (bicyclic) bond motifs is 2. The van der Waals surface area contributed by atoms with Crippen molar-refractivity contribution < 1.29 is 18.7 Å². The highest BCUT2D eigenvalue weighted by molar-refractivity contribution is 6.06. The predicted molar refractivity (Wildman–Crippen MR) is 98.4 cm³/mol. The van der Waals surface area contributed by atoms with E-state index in [1.807, 2.05) is 18.2 Å². The fraction of sp³-hybridized carbons (Fsp3) is 0.0455. The zero-order valence-corrected chi connectivity index (χ0v) is 13.7. The van der Waals surface area contributed by atoms with Crippen LogP contribution in [0.3, 0.4) is 0 Å². The summed E-state index contributed by atoms with van der Waals surface area (Å²) in [7, 11) is 0. The van der Waals surface area contributed by atoms with Crippen LogP contribution in [0.4, 0.5) is 8.78 Å². The third-order valence-corrected chi connectivity index (χ3v) is 4.53. The molecule has 4 heteroatoms. The van der Waals surface area contributed by atoms with Gasteiger partial charge < -0.3 is 5.11 Å². The molecule has 1 aliphatic rings. The smallest absolute Gasteiger partial charge is 0.307 e. The highest BCUT2D eigenvalue weighted by Crippen LogP contribution is 2.39. The number of rotatable bonds is 3. The van der Waals surface area contributed by atoms with E-state index in [1.165, 1.54) is 18.2 Å². The molecule has 0 bridgehead atoms. The van der Waals surface area contributed by atoms with Gasteiger partial charge >= 0.3 is 5.97 Å². The molecule has 0 saturated carbocycles. The number of benzene rings is 3. The summed E-state index contributed by atoms with van der Waals surface area (Å²) in [4.78, 5) is 11.1. The van der Waals surface area contributed by atoms with E-state index in [2.05, 4.69) is 0 Å². The van der Waals surface area contributed by atoms with Crippen molar-refractivity contribution in [2.45, 2.75) is 6.42 Å². The van der Waals surface area contributed by atoms with E-state index in [-0.39, 0.29) is 12.2 Å². The van der Waals surface area contributed by atoms with Crippen molar-refractivity contribution in [1.82, 2.24) is 0 Å². The molecule has 0 spiro atoms. The molecule has 0 unspecified atom stereocenters. The lowest BCUT2D eigenvalue weighted by molar-refractivity contribution is -0.135. The summed E-state index contributed by atoms with van der Waals surface area (Å²) in [6.07, 6.45) is 3.46. The minimum Gasteiger partial charge on any atom is -0.481 e. The molecule has 2 nitrogen and oxygen atoms in total. The lowest BCUT2D eigenvalue weighted by Gasteiger charge is -2.06. The summed E-state index contributed by atoms with van der Waals surface area (Å²) < 4.78 is 27.7. The van der Waals surface area contributed by atoms with Gasteiger partial charge in [-0.15, -0.1) is 0 Å². The summed E-state index contributed by atoms with van der Waals surface area (Å²) in [5.41, 5.74) is 3.53. The molecule has 128 valence electrons. The van der Waals surface area contributed by atoms with Gasteiger partial charge in [0, 0.05) is 5.39 Å². The van der Waals surface area contributed by atoms with E-state index in [4.69, 9.17) is 5.11 Å². The van der Waals surface area contributed by atoms with Gasteiger partial charge in [0.1, 0.15) is 11.6 Å². The Morgan fingerprint density at radius 3 is 2.50 bits per heavy atom. The first kappa shape index (κ1) is 16.2. The molecular weight excluding hydrogens is 334 g/mol. The first-order valence-corrected chi connectivity index (χ1v) is 8.14. The third-order valence-electron chi connectivity index (χ3n) is 4.53.